The minimum absolute atomic E-state index is 0.148. The molecule has 2 nitrogen and oxygen atoms in total. The molecule has 2 atom stereocenters. The highest BCUT2D eigenvalue weighted by atomic mass is 16.3. The van der Waals surface area contributed by atoms with Crippen LogP contribution in [-0.4, -0.2) is 23.8 Å². The Kier molecular flexibility index (Phi) is 2.11. The van der Waals surface area contributed by atoms with Gasteiger partial charge in [-0.1, -0.05) is 30.3 Å². The molecule has 64 valence electrons. The molecule has 0 aromatic heterocycles. The Morgan fingerprint density at radius 2 is 2.08 bits per heavy atom. The second-order valence-corrected chi connectivity index (χ2v) is 3.27. The van der Waals surface area contributed by atoms with Crippen molar-refractivity contribution in [2.45, 2.75) is 18.6 Å². The molecule has 0 bridgehead atoms. The Labute approximate surface area is 72.2 Å². The molecule has 2 rings (SSSR count). The summed E-state index contributed by atoms with van der Waals surface area (Å²) in [6.07, 6.45) is 0.785. The average Bonchev–Trinajstić information content (AvgIpc) is 2.14. The molecular weight excluding hydrogens is 150 g/mol. The first-order valence-corrected chi connectivity index (χ1v) is 4.31. The molecule has 1 heterocycles. The largest absolute Gasteiger partial charge is 0.390 e. The van der Waals surface area contributed by atoms with E-state index in [1.807, 2.05) is 18.2 Å². The van der Waals surface area contributed by atoms with E-state index in [1.54, 1.807) is 0 Å². The minimum Gasteiger partial charge on any atom is -0.390 e. The molecule has 0 aliphatic carbocycles. The Bertz CT molecular complexity index is 247. The quantitative estimate of drug-likeness (QED) is 0.667. The summed E-state index contributed by atoms with van der Waals surface area (Å²) < 4.78 is 0. The highest BCUT2D eigenvalue weighted by Crippen LogP contribution is 2.10. The van der Waals surface area contributed by atoms with Crippen LogP contribution < -0.4 is 5.32 Å². The predicted molar refractivity (Wildman–Crippen MR) is 47.9 cm³/mol. The summed E-state index contributed by atoms with van der Waals surface area (Å²) in [4.78, 5) is 0. The van der Waals surface area contributed by atoms with Gasteiger partial charge in [0, 0.05) is 12.6 Å². The van der Waals surface area contributed by atoms with Crippen LogP contribution in [0.1, 0.15) is 5.56 Å². The van der Waals surface area contributed by atoms with E-state index in [0.29, 0.717) is 0 Å². The lowest BCUT2D eigenvalue weighted by atomic mass is 9.96. The molecule has 1 saturated heterocycles. The molecule has 1 fully saturated rings. The third kappa shape index (κ3) is 1.49. The minimum atomic E-state index is -0.148. The third-order valence-corrected chi connectivity index (χ3v) is 2.35. The predicted octanol–water partition coefficient (Wildman–Crippen LogP) is 0.562. The van der Waals surface area contributed by atoms with E-state index in [-0.39, 0.29) is 12.1 Å². The fourth-order valence-corrected chi connectivity index (χ4v) is 1.47. The summed E-state index contributed by atoms with van der Waals surface area (Å²) in [6, 6.07) is 10.5. The van der Waals surface area contributed by atoms with E-state index in [4.69, 9.17) is 0 Å². The van der Waals surface area contributed by atoms with E-state index in [2.05, 4.69) is 17.4 Å². The molecule has 1 aromatic rings. The second-order valence-electron chi connectivity index (χ2n) is 3.27. The van der Waals surface area contributed by atoms with Gasteiger partial charge in [-0.05, 0) is 12.0 Å². The summed E-state index contributed by atoms with van der Waals surface area (Å²) in [7, 11) is 0. The van der Waals surface area contributed by atoms with E-state index in [1.165, 1.54) is 5.56 Å². The second kappa shape index (κ2) is 3.25. The molecule has 1 aliphatic heterocycles. The summed E-state index contributed by atoms with van der Waals surface area (Å²) in [5, 5.41) is 12.5. The van der Waals surface area contributed by atoms with Crippen molar-refractivity contribution < 1.29 is 5.11 Å². The summed E-state index contributed by atoms with van der Waals surface area (Å²) in [5.41, 5.74) is 1.29. The Balaban J connectivity index is 1.95. The maximum Gasteiger partial charge on any atom is 0.0820 e. The number of β-amino-alcohol motifs (C(OH)–C–C–N with tert-alkyl or cyclic N) is 1. The average molecular weight is 163 g/mol. The zero-order valence-corrected chi connectivity index (χ0v) is 6.90. The van der Waals surface area contributed by atoms with Gasteiger partial charge >= 0.3 is 0 Å². The van der Waals surface area contributed by atoms with Crippen LogP contribution >= 0.6 is 0 Å². The molecule has 0 saturated carbocycles. The summed E-state index contributed by atoms with van der Waals surface area (Å²) >= 11 is 0. The highest BCUT2D eigenvalue weighted by molar-refractivity contribution is 5.17. The van der Waals surface area contributed by atoms with Crippen LogP contribution in [0.4, 0.5) is 0 Å². The number of rotatable bonds is 2. The first-order valence-electron chi connectivity index (χ1n) is 4.31. The van der Waals surface area contributed by atoms with Crippen molar-refractivity contribution in [1.82, 2.24) is 5.32 Å². The van der Waals surface area contributed by atoms with Crippen LogP contribution in [0.5, 0.6) is 0 Å². The molecule has 1 aliphatic rings. The number of hydrogen-bond acceptors (Lipinski definition) is 2. The first-order chi connectivity index (χ1) is 5.86. The van der Waals surface area contributed by atoms with Gasteiger partial charge in [0.15, 0.2) is 0 Å². The van der Waals surface area contributed by atoms with Gasteiger partial charge in [-0.2, -0.15) is 0 Å². The van der Waals surface area contributed by atoms with Crippen molar-refractivity contribution in [3.8, 4) is 0 Å². The number of hydrogen-bond donors (Lipinski definition) is 2. The molecule has 12 heavy (non-hydrogen) atoms. The van der Waals surface area contributed by atoms with Gasteiger partial charge in [0.1, 0.15) is 0 Å². The lowest BCUT2D eigenvalue weighted by Crippen LogP contribution is -2.58. The van der Waals surface area contributed by atoms with Gasteiger partial charge in [0.05, 0.1) is 6.10 Å². The summed E-state index contributed by atoms with van der Waals surface area (Å²) in [5.74, 6) is 0. The van der Waals surface area contributed by atoms with E-state index < -0.39 is 0 Å². The van der Waals surface area contributed by atoms with Gasteiger partial charge in [-0.25, -0.2) is 0 Å². The summed E-state index contributed by atoms with van der Waals surface area (Å²) in [6.45, 7) is 0.748. The van der Waals surface area contributed by atoms with Crippen LogP contribution in [0.2, 0.25) is 0 Å². The SMILES string of the molecule is OC1CN[C@H]1Cc1ccccc1. The number of benzene rings is 1. The van der Waals surface area contributed by atoms with Gasteiger partial charge in [-0.15, -0.1) is 0 Å². The molecule has 2 N–H and O–H groups in total. The van der Waals surface area contributed by atoms with Gasteiger partial charge in [-0.3, -0.25) is 0 Å². The van der Waals surface area contributed by atoms with E-state index in [0.717, 1.165) is 13.0 Å². The number of nitrogens with one attached hydrogen (secondary N) is 1. The lowest BCUT2D eigenvalue weighted by Gasteiger charge is -2.34. The number of aliphatic hydroxyl groups excluding tert-OH is 1. The van der Waals surface area contributed by atoms with Crippen molar-refractivity contribution >= 4 is 0 Å². The third-order valence-electron chi connectivity index (χ3n) is 2.35. The van der Waals surface area contributed by atoms with Crippen LogP contribution in [-0.2, 0) is 6.42 Å². The molecule has 2 heteroatoms. The first kappa shape index (κ1) is 7.77. The van der Waals surface area contributed by atoms with Gasteiger partial charge < -0.3 is 10.4 Å². The maximum atomic E-state index is 9.31. The Hall–Kier alpha value is -0.860. The molecule has 1 aromatic carbocycles. The van der Waals surface area contributed by atoms with E-state index >= 15 is 0 Å². The molecule has 0 radical (unpaired) electrons. The van der Waals surface area contributed by atoms with Crippen molar-refractivity contribution in [1.29, 1.82) is 0 Å². The van der Waals surface area contributed by atoms with Crippen LogP contribution in [0.15, 0.2) is 30.3 Å². The van der Waals surface area contributed by atoms with Crippen LogP contribution in [0.3, 0.4) is 0 Å². The fraction of sp³-hybridized carbons (Fsp3) is 0.400. The topological polar surface area (TPSA) is 32.3 Å². The van der Waals surface area contributed by atoms with Crippen molar-refractivity contribution in [2.24, 2.45) is 0 Å². The molecule has 0 spiro atoms. The Morgan fingerprint density at radius 1 is 1.33 bits per heavy atom. The van der Waals surface area contributed by atoms with Crippen molar-refractivity contribution in [3.05, 3.63) is 35.9 Å². The van der Waals surface area contributed by atoms with Gasteiger partial charge in [0.25, 0.3) is 0 Å². The van der Waals surface area contributed by atoms with Gasteiger partial charge in [0.2, 0.25) is 0 Å². The maximum absolute atomic E-state index is 9.31. The monoisotopic (exact) mass is 163 g/mol. The van der Waals surface area contributed by atoms with E-state index in [9.17, 15) is 5.11 Å². The normalized spacial score (nSPS) is 28.1. The standard InChI is InChI=1S/C10H13NO/c12-10-7-11-9(10)6-8-4-2-1-3-5-8/h1-5,9-12H,6-7H2/t9-,10?/m0/s1. The van der Waals surface area contributed by atoms with Crippen LogP contribution in [0.25, 0.3) is 0 Å². The molecule has 0 amide bonds. The number of aliphatic hydroxyl groups is 1. The molecular formula is C10H13NO. The smallest absolute Gasteiger partial charge is 0.0820 e. The molecule has 1 unspecified atom stereocenters. The van der Waals surface area contributed by atoms with Crippen molar-refractivity contribution in [3.63, 3.8) is 0 Å². The lowest BCUT2D eigenvalue weighted by molar-refractivity contribution is 0.0616. The Morgan fingerprint density at radius 3 is 2.58 bits per heavy atom. The highest BCUT2D eigenvalue weighted by Gasteiger charge is 2.27. The zero-order valence-electron chi connectivity index (χ0n) is 6.90. The van der Waals surface area contributed by atoms with Crippen molar-refractivity contribution in [2.75, 3.05) is 6.54 Å². The zero-order chi connectivity index (χ0) is 8.39. The fourth-order valence-electron chi connectivity index (χ4n) is 1.47. The van der Waals surface area contributed by atoms with Crippen LogP contribution in [0, 0.1) is 0 Å².